The number of carboxylic acid groups (broad SMARTS) is 1. The Morgan fingerprint density at radius 1 is 1.42 bits per heavy atom. The summed E-state index contributed by atoms with van der Waals surface area (Å²) < 4.78 is 13.2. The number of hydrogen-bond donors (Lipinski definition) is 3. The molecule has 0 radical (unpaired) electrons. The molecule has 19 heavy (non-hydrogen) atoms. The summed E-state index contributed by atoms with van der Waals surface area (Å²) in [7, 11) is 0. The third-order valence-electron chi connectivity index (χ3n) is 3.34. The van der Waals surface area contributed by atoms with Crippen LogP contribution < -0.4 is 11.1 Å². The molecule has 2 rings (SSSR count). The van der Waals surface area contributed by atoms with Crippen molar-refractivity contribution in [2.75, 3.05) is 5.32 Å². The Labute approximate surface area is 109 Å². The van der Waals surface area contributed by atoms with Gasteiger partial charge in [0.1, 0.15) is 5.82 Å². The van der Waals surface area contributed by atoms with E-state index in [4.69, 9.17) is 10.8 Å². The van der Waals surface area contributed by atoms with E-state index in [-0.39, 0.29) is 18.0 Å². The number of nitrogens with one attached hydrogen (secondary N) is 1. The van der Waals surface area contributed by atoms with Gasteiger partial charge in [0.2, 0.25) is 5.91 Å². The van der Waals surface area contributed by atoms with E-state index in [0.29, 0.717) is 0 Å². The zero-order valence-electron chi connectivity index (χ0n) is 10.3. The highest BCUT2D eigenvalue weighted by Gasteiger charge is 2.34. The Balaban J connectivity index is 2.04. The molecule has 0 spiro atoms. The van der Waals surface area contributed by atoms with Crippen molar-refractivity contribution in [1.82, 2.24) is 0 Å². The van der Waals surface area contributed by atoms with E-state index in [2.05, 4.69) is 5.32 Å². The van der Waals surface area contributed by atoms with Crippen molar-refractivity contribution in [1.29, 1.82) is 0 Å². The summed E-state index contributed by atoms with van der Waals surface area (Å²) in [5.74, 6) is -2.49. The zero-order chi connectivity index (χ0) is 14.0. The van der Waals surface area contributed by atoms with Crippen LogP contribution in [0.4, 0.5) is 10.1 Å². The Bertz CT molecular complexity index is 527. The number of carbonyl (C=O) groups excluding carboxylic acids is 1. The molecule has 0 aliphatic heterocycles. The Morgan fingerprint density at radius 2 is 2.11 bits per heavy atom. The number of nitrogens with two attached hydrogens (primary N) is 1. The maximum absolute atomic E-state index is 13.2. The smallest absolute Gasteiger partial charge is 0.338 e. The van der Waals surface area contributed by atoms with E-state index >= 15 is 0 Å². The summed E-state index contributed by atoms with van der Waals surface area (Å²) in [4.78, 5) is 22.5. The Hall–Kier alpha value is -1.95. The van der Waals surface area contributed by atoms with E-state index in [1.165, 1.54) is 6.07 Å². The summed E-state index contributed by atoms with van der Waals surface area (Å²) in [5, 5.41) is 11.3. The van der Waals surface area contributed by atoms with E-state index in [1.54, 1.807) is 0 Å². The lowest BCUT2D eigenvalue weighted by molar-refractivity contribution is -0.118. The third kappa shape index (κ3) is 3.08. The van der Waals surface area contributed by atoms with E-state index in [0.717, 1.165) is 31.4 Å². The summed E-state index contributed by atoms with van der Waals surface area (Å²) in [5.41, 5.74) is 5.29. The van der Waals surface area contributed by atoms with Crippen molar-refractivity contribution in [3.8, 4) is 0 Å². The number of aromatic carboxylic acids is 1. The van der Waals surface area contributed by atoms with Crippen LogP contribution in [0.25, 0.3) is 0 Å². The molecule has 0 heterocycles. The van der Waals surface area contributed by atoms with Crippen LogP contribution in [-0.4, -0.2) is 22.5 Å². The fourth-order valence-electron chi connectivity index (χ4n) is 2.10. The molecule has 0 unspecified atom stereocenters. The van der Waals surface area contributed by atoms with Gasteiger partial charge in [-0.3, -0.25) is 4.79 Å². The SMILES string of the molecule is NC1(CC(=O)Nc2ccc(F)c(C(=O)O)c2)CCC1. The van der Waals surface area contributed by atoms with Crippen molar-refractivity contribution >= 4 is 17.6 Å². The predicted octanol–water partition coefficient (Wildman–Crippen LogP) is 1.73. The Morgan fingerprint density at radius 3 is 2.63 bits per heavy atom. The highest BCUT2D eigenvalue weighted by atomic mass is 19.1. The molecule has 1 aliphatic rings. The van der Waals surface area contributed by atoms with Crippen molar-refractivity contribution in [3.05, 3.63) is 29.6 Å². The minimum absolute atomic E-state index is 0.187. The number of carboxylic acids is 1. The second-order valence-electron chi connectivity index (χ2n) is 4.94. The van der Waals surface area contributed by atoms with Gasteiger partial charge in [-0.05, 0) is 37.5 Å². The molecule has 1 amide bonds. The molecule has 6 heteroatoms. The second kappa shape index (κ2) is 4.97. The molecule has 1 aromatic rings. The summed E-state index contributed by atoms with van der Waals surface area (Å²) in [6.45, 7) is 0. The molecule has 1 aliphatic carbocycles. The molecule has 0 atom stereocenters. The molecule has 1 fully saturated rings. The molecular formula is C13H15FN2O3. The quantitative estimate of drug-likeness (QED) is 0.773. The van der Waals surface area contributed by atoms with Gasteiger partial charge in [-0.1, -0.05) is 0 Å². The van der Waals surface area contributed by atoms with Crippen LogP contribution >= 0.6 is 0 Å². The van der Waals surface area contributed by atoms with Crippen LogP contribution in [0.15, 0.2) is 18.2 Å². The third-order valence-corrected chi connectivity index (χ3v) is 3.34. The lowest BCUT2D eigenvalue weighted by Crippen LogP contribution is -2.48. The first kappa shape index (κ1) is 13.5. The topological polar surface area (TPSA) is 92.4 Å². The van der Waals surface area contributed by atoms with Gasteiger partial charge in [-0.15, -0.1) is 0 Å². The number of benzene rings is 1. The van der Waals surface area contributed by atoms with Crippen LogP contribution in [0.5, 0.6) is 0 Å². The van der Waals surface area contributed by atoms with E-state index < -0.39 is 22.9 Å². The monoisotopic (exact) mass is 266 g/mol. The average Bonchev–Trinajstić information content (AvgIpc) is 2.29. The molecule has 5 nitrogen and oxygen atoms in total. The first-order chi connectivity index (χ1) is 8.89. The molecule has 1 aromatic carbocycles. The molecule has 102 valence electrons. The largest absolute Gasteiger partial charge is 0.478 e. The molecule has 4 N–H and O–H groups in total. The number of hydrogen-bond acceptors (Lipinski definition) is 3. The first-order valence-corrected chi connectivity index (χ1v) is 6.01. The highest BCUT2D eigenvalue weighted by molar-refractivity contribution is 5.94. The number of rotatable bonds is 4. The number of anilines is 1. The normalized spacial score (nSPS) is 16.5. The van der Waals surface area contributed by atoms with Crippen molar-refractivity contribution in [2.45, 2.75) is 31.2 Å². The van der Waals surface area contributed by atoms with Crippen LogP contribution in [0.2, 0.25) is 0 Å². The van der Waals surface area contributed by atoms with Gasteiger partial charge < -0.3 is 16.2 Å². The standard InChI is InChI=1S/C13H15FN2O3/c14-10-3-2-8(6-9(10)12(18)19)16-11(17)7-13(15)4-1-5-13/h2-3,6H,1,4-5,7,15H2,(H,16,17)(H,18,19). The zero-order valence-corrected chi connectivity index (χ0v) is 10.3. The van der Waals surface area contributed by atoms with Crippen molar-refractivity contribution < 1.29 is 19.1 Å². The minimum atomic E-state index is -1.37. The lowest BCUT2D eigenvalue weighted by Gasteiger charge is -2.37. The average molecular weight is 266 g/mol. The van der Waals surface area contributed by atoms with Gasteiger partial charge in [-0.25, -0.2) is 9.18 Å². The van der Waals surface area contributed by atoms with Gasteiger partial charge in [0.05, 0.1) is 5.56 Å². The maximum atomic E-state index is 13.2. The van der Waals surface area contributed by atoms with Crippen LogP contribution in [0, 0.1) is 5.82 Å². The summed E-state index contributed by atoms with van der Waals surface area (Å²) in [6, 6.07) is 3.43. The summed E-state index contributed by atoms with van der Waals surface area (Å²) in [6.07, 6.45) is 2.82. The van der Waals surface area contributed by atoms with Crippen molar-refractivity contribution in [3.63, 3.8) is 0 Å². The predicted molar refractivity (Wildman–Crippen MR) is 67.4 cm³/mol. The van der Waals surface area contributed by atoms with E-state index in [1.807, 2.05) is 0 Å². The molecule has 0 saturated heterocycles. The molecule has 1 saturated carbocycles. The van der Waals surface area contributed by atoms with Gasteiger partial charge in [0.15, 0.2) is 0 Å². The number of halogens is 1. The van der Waals surface area contributed by atoms with E-state index in [9.17, 15) is 14.0 Å². The van der Waals surface area contributed by atoms with Crippen molar-refractivity contribution in [2.24, 2.45) is 5.73 Å². The summed E-state index contributed by atoms with van der Waals surface area (Å²) >= 11 is 0. The maximum Gasteiger partial charge on any atom is 0.338 e. The van der Waals surface area contributed by atoms with Gasteiger partial charge >= 0.3 is 5.97 Å². The number of carbonyl (C=O) groups is 2. The molecular weight excluding hydrogens is 251 g/mol. The van der Waals surface area contributed by atoms with Crippen LogP contribution in [0.3, 0.4) is 0 Å². The molecule has 0 bridgehead atoms. The van der Waals surface area contributed by atoms with Crippen LogP contribution in [-0.2, 0) is 4.79 Å². The van der Waals surface area contributed by atoms with Gasteiger partial charge in [0, 0.05) is 17.6 Å². The first-order valence-electron chi connectivity index (χ1n) is 6.01. The highest BCUT2D eigenvalue weighted by Crippen LogP contribution is 2.32. The lowest BCUT2D eigenvalue weighted by atomic mass is 9.75. The minimum Gasteiger partial charge on any atom is -0.478 e. The Kier molecular flexibility index (Phi) is 3.53. The van der Waals surface area contributed by atoms with Gasteiger partial charge in [0.25, 0.3) is 0 Å². The number of amides is 1. The van der Waals surface area contributed by atoms with Gasteiger partial charge in [-0.2, -0.15) is 0 Å². The fraction of sp³-hybridized carbons (Fsp3) is 0.385. The second-order valence-corrected chi connectivity index (χ2v) is 4.94. The van der Waals surface area contributed by atoms with Crippen LogP contribution in [0.1, 0.15) is 36.0 Å². The fourth-order valence-corrected chi connectivity index (χ4v) is 2.10. The molecule has 0 aromatic heterocycles.